The number of halogens is 1. The standard InChI is InChI=1S/C23H18ClNO3/c24-19-10-4-3-9-18(19)23(27)28-15-22(26)25-20-11-5-1-7-16(20)13-14-17-8-2-6-12-21(17)25/h1-12H,13-15H2. The third kappa shape index (κ3) is 3.51. The molecular formula is C23H18ClNO3. The van der Waals surface area contributed by atoms with Gasteiger partial charge in [-0.25, -0.2) is 4.79 Å². The number of para-hydroxylation sites is 2. The van der Waals surface area contributed by atoms with Crippen LogP contribution in [0.5, 0.6) is 0 Å². The van der Waals surface area contributed by atoms with Gasteiger partial charge in [0.2, 0.25) is 0 Å². The van der Waals surface area contributed by atoms with Crippen molar-refractivity contribution in [1.82, 2.24) is 0 Å². The molecular weight excluding hydrogens is 374 g/mol. The van der Waals surface area contributed by atoms with Gasteiger partial charge in [0.1, 0.15) is 0 Å². The van der Waals surface area contributed by atoms with E-state index in [1.807, 2.05) is 48.5 Å². The zero-order valence-corrected chi connectivity index (χ0v) is 15.9. The van der Waals surface area contributed by atoms with Crippen molar-refractivity contribution in [3.05, 3.63) is 94.5 Å². The van der Waals surface area contributed by atoms with Crippen molar-refractivity contribution >= 4 is 34.9 Å². The van der Waals surface area contributed by atoms with Crippen molar-refractivity contribution in [2.75, 3.05) is 11.5 Å². The van der Waals surface area contributed by atoms with Crippen LogP contribution in [0.4, 0.5) is 11.4 Å². The van der Waals surface area contributed by atoms with Gasteiger partial charge in [-0.1, -0.05) is 60.1 Å². The predicted octanol–water partition coefficient (Wildman–Crippen LogP) is 4.96. The van der Waals surface area contributed by atoms with Gasteiger partial charge in [-0.15, -0.1) is 0 Å². The van der Waals surface area contributed by atoms with Gasteiger partial charge in [0.05, 0.1) is 22.0 Å². The van der Waals surface area contributed by atoms with Crippen LogP contribution >= 0.6 is 11.6 Å². The molecule has 5 heteroatoms. The van der Waals surface area contributed by atoms with Crippen LogP contribution in [0.25, 0.3) is 0 Å². The first-order valence-electron chi connectivity index (χ1n) is 9.05. The van der Waals surface area contributed by atoms with Crippen molar-refractivity contribution < 1.29 is 14.3 Å². The summed E-state index contributed by atoms with van der Waals surface area (Å²) in [7, 11) is 0. The van der Waals surface area contributed by atoms with Crippen LogP contribution in [0.3, 0.4) is 0 Å². The number of carbonyl (C=O) groups excluding carboxylic acids is 2. The number of aryl methyl sites for hydroxylation is 2. The van der Waals surface area contributed by atoms with Gasteiger partial charge in [-0.2, -0.15) is 0 Å². The number of anilines is 2. The lowest BCUT2D eigenvalue weighted by Gasteiger charge is -2.24. The summed E-state index contributed by atoms with van der Waals surface area (Å²) in [4.78, 5) is 27.1. The molecule has 0 aromatic heterocycles. The molecule has 28 heavy (non-hydrogen) atoms. The van der Waals surface area contributed by atoms with Crippen LogP contribution < -0.4 is 4.90 Å². The average Bonchev–Trinajstić information content (AvgIpc) is 2.89. The van der Waals surface area contributed by atoms with E-state index in [9.17, 15) is 9.59 Å². The quantitative estimate of drug-likeness (QED) is 0.593. The van der Waals surface area contributed by atoms with E-state index in [0.717, 1.165) is 35.3 Å². The fourth-order valence-electron chi connectivity index (χ4n) is 3.44. The Labute approximate surface area is 168 Å². The molecule has 0 saturated carbocycles. The molecule has 0 saturated heterocycles. The highest BCUT2D eigenvalue weighted by Crippen LogP contribution is 2.36. The largest absolute Gasteiger partial charge is 0.452 e. The van der Waals surface area contributed by atoms with Gasteiger partial charge < -0.3 is 4.74 Å². The lowest BCUT2D eigenvalue weighted by molar-refractivity contribution is -0.120. The molecule has 1 aliphatic rings. The topological polar surface area (TPSA) is 46.6 Å². The summed E-state index contributed by atoms with van der Waals surface area (Å²) in [6.45, 7) is -0.368. The van der Waals surface area contributed by atoms with E-state index in [2.05, 4.69) is 0 Å². The summed E-state index contributed by atoms with van der Waals surface area (Å²) in [5.74, 6) is -0.919. The SMILES string of the molecule is O=C(OCC(=O)N1c2ccccc2CCc2ccccc21)c1ccccc1Cl. The number of amides is 1. The Bertz CT molecular complexity index is 1000. The summed E-state index contributed by atoms with van der Waals surface area (Å²) < 4.78 is 5.28. The number of rotatable bonds is 3. The molecule has 0 unspecified atom stereocenters. The summed E-state index contributed by atoms with van der Waals surface area (Å²) in [5, 5.41) is 0.297. The van der Waals surface area contributed by atoms with E-state index in [1.54, 1.807) is 29.2 Å². The molecule has 1 aliphatic heterocycles. The van der Waals surface area contributed by atoms with Crippen LogP contribution in [0.1, 0.15) is 21.5 Å². The summed E-state index contributed by atoms with van der Waals surface area (Å²) in [6.07, 6.45) is 1.69. The molecule has 0 spiro atoms. The average molecular weight is 392 g/mol. The lowest BCUT2D eigenvalue weighted by Crippen LogP contribution is -2.31. The second kappa shape index (κ2) is 7.87. The zero-order chi connectivity index (χ0) is 19.5. The van der Waals surface area contributed by atoms with Crippen molar-refractivity contribution in [2.24, 2.45) is 0 Å². The first-order chi connectivity index (χ1) is 13.6. The minimum Gasteiger partial charge on any atom is -0.452 e. The fourth-order valence-corrected chi connectivity index (χ4v) is 3.66. The fraction of sp³-hybridized carbons (Fsp3) is 0.130. The minimum atomic E-state index is -0.615. The van der Waals surface area contributed by atoms with Gasteiger partial charge in [0.25, 0.3) is 5.91 Å². The molecule has 3 aromatic rings. The van der Waals surface area contributed by atoms with E-state index in [0.29, 0.717) is 5.02 Å². The van der Waals surface area contributed by atoms with E-state index >= 15 is 0 Å². The summed E-state index contributed by atoms with van der Waals surface area (Å²) >= 11 is 6.04. The molecule has 0 atom stereocenters. The zero-order valence-electron chi connectivity index (χ0n) is 15.1. The molecule has 4 nitrogen and oxygen atoms in total. The minimum absolute atomic E-state index is 0.244. The highest BCUT2D eigenvalue weighted by molar-refractivity contribution is 6.33. The first kappa shape index (κ1) is 18.3. The third-order valence-corrected chi connectivity index (χ3v) is 5.13. The van der Waals surface area contributed by atoms with Crippen molar-refractivity contribution in [3.63, 3.8) is 0 Å². The number of esters is 1. The van der Waals surface area contributed by atoms with Crippen LogP contribution in [-0.4, -0.2) is 18.5 Å². The van der Waals surface area contributed by atoms with Gasteiger partial charge in [0, 0.05) is 0 Å². The van der Waals surface area contributed by atoms with Crippen molar-refractivity contribution in [2.45, 2.75) is 12.8 Å². The van der Waals surface area contributed by atoms with E-state index in [-0.39, 0.29) is 18.1 Å². The van der Waals surface area contributed by atoms with E-state index in [4.69, 9.17) is 16.3 Å². The Morgan fingerprint density at radius 2 is 1.36 bits per heavy atom. The number of nitrogens with zero attached hydrogens (tertiary/aromatic N) is 1. The summed E-state index contributed by atoms with van der Waals surface area (Å²) in [6, 6.07) is 22.3. The normalized spacial score (nSPS) is 12.5. The molecule has 4 rings (SSSR count). The highest BCUT2D eigenvalue weighted by atomic mass is 35.5. The Morgan fingerprint density at radius 3 is 1.96 bits per heavy atom. The van der Waals surface area contributed by atoms with Gasteiger partial charge >= 0.3 is 5.97 Å². The molecule has 1 amide bonds. The second-order valence-electron chi connectivity index (χ2n) is 6.54. The van der Waals surface area contributed by atoms with Gasteiger partial charge in [-0.3, -0.25) is 9.69 Å². The van der Waals surface area contributed by atoms with Crippen LogP contribution in [0.15, 0.2) is 72.8 Å². The molecule has 0 fully saturated rings. The maximum Gasteiger partial charge on any atom is 0.340 e. The Morgan fingerprint density at radius 1 is 0.821 bits per heavy atom. The second-order valence-corrected chi connectivity index (χ2v) is 6.95. The monoisotopic (exact) mass is 391 g/mol. The number of ether oxygens (including phenoxy) is 1. The lowest BCUT2D eigenvalue weighted by atomic mass is 10.0. The molecule has 0 bridgehead atoms. The molecule has 3 aromatic carbocycles. The van der Waals surface area contributed by atoms with Crippen molar-refractivity contribution in [1.29, 1.82) is 0 Å². The first-order valence-corrected chi connectivity index (χ1v) is 9.43. The number of carbonyl (C=O) groups is 2. The smallest absolute Gasteiger partial charge is 0.340 e. The Balaban J connectivity index is 1.62. The molecule has 1 heterocycles. The van der Waals surface area contributed by atoms with Gasteiger partial charge in [0.15, 0.2) is 6.61 Å². The molecule has 0 radical (unpaired) electrons. The van der Waals surface area contributed by atoms with Crippen LogP contribution in [0.2, 0.25) is 5.02 Å². The number of fused-ring (bicyclic) bond motifs is 2. The number of hydrogen-bond donors (Lipinski definition) is 0. The molecule has 0 N–H and O–H groups in total. The third-order valence-electron chi connectivity index (χ3n) is 4.80. The molecule has 140 valence electrons. The number of benzene rings is 3. The predicted molar refractivity (Wildman–Crippen MR) is 109 cm³/mol. The van der Waals surface area contributed by atoms with E-state index < -0.39 is 5.97 Å². The van der Waals surface area contributed by atoms with E-state index in [1.165, 1.54) is 0 Å². The molecule has 0 aliphatic carbocycles. The van der Waals surface area contributed by atoms with Crippen LogP contribution in [-0.2, 0) is 22.4 Å². The number of hydrogen-bond acceptors (Lipinski definition) is 3. The highest BCUT2D eigenvalue weighted by Gasteiger charge is 2.26. The van der Waals surface area contributed by atoms with Crippen molar-refractivity contribution in [3.8, 4) is 0 Å². The van der Waals surface area contributed by atoms with Gasteiger partial charge in [-0.05, 0) is 48.2 Å². The maximum atomic E-state index is 13.1. The Hall–Kier alpha value is -3.11. The maximum absolute atomic E-state index is 13.1. The summed E-state index contributed by atoms with van der Waals surface area (Å²) in [5.41, 5.74) is 4.07. The Kier molecular flexibility index (Phi) is 5.13. The van der Waals surface area contributed by atoms with Crippen LogP contribution in [0, 0.1) is 0 Å².